The highest BCUT2D eigenvalue weighted by molar-refractivity contribution is 5.53. The fourth-order valence-electron chi connectivity index (χ4n) is 2.66. The van der Waals surface area contributed by atoms with Gasteiger partial charge in [-0.3, -0.25) is 0 Å². The highest BCUT2D eigenvalue weighted by atomic mass is 16.6. The smallest absolute Gasteiger partial charge is 0.251 e. The number of nitrogens with two attached hydrogens (primary N) is 1. The number of unbranched alkanes of at least 4 members (excludes halogenated alkanes) is 9. The molecule has 0 saturated carbocycles. The molecular formula is C21H37NO3. The summed E-state index contributed by atoms with van der Waals surface area (Å²) in [5.74, 6) is 0. The highest BCUT2D eigenvalue weighted by Gasteiger charge is 1.95. The third-order valence-corrected chi connectivity index (χ3v) is 4.15. The second-order valence-corrected chi connectivity index (χ2v) is 6.40. The molecule has 25 heavy (non-hydrogen) atoms. The summed E-state index contributed by atoms with van der Waals surface area (Å²) in [4.78, 5) is 9.03. The molecule has 1 rings (SSSR count). The SMILES string of the molecule is CCCCCCCCCCCC[NH2+]Cc1ccccc1.COC(=O)[O-]. The molecule has 1 aromatic carbocycles. The van der Waals surface area contributed by atoms with E-state index < -0.39 is 6.16 Å². The molecule has 0 aliphatic rings. The van der Waals surface area contributed by atoms with Crippen molar-refractivity contribution in [2.45, 2.75) is 77.7 Å². The van der Waals surface area contributed by atoms with Gasteiger partial charge in [-0.1, -0.05) is 88.6 Å². The lowest BCUT2D eigenvalue weighted by atomic mass is 10.1. The number of hydrogen-bond acceptors (Lipinski definition) is 3. The van der Waals surface area contributed by atoms with E-state index in [1.54, 1.807) is 0 Å². The monoisotopic (exact) mass is 351 g/mol. The molecule has 4 heteroatoms. The first-order valence-electron chi connectivity index (χ1n) is 9.81. The predicted octanol–water partition coefficient (Wildman–Crippen LogP) is 3.65. The predicted molar refractivity (Wildman–Crippen MR) is 101 cm³/mol. The maximum Gasteiger partial charge on any atom is 0.251 e. The van der Waals surface area contributed by atoms with Crippen LogP contribution in [0.15, 0.2) is 30.3 Å². The Morgan fingerprint density at radius 3 is 1.88 bits per heavy atom. The van der Waals surface area contributed by atoms with Crippen molar-refractivity contribution < 1.29 is 20.0 Å². The van der Waals surface area contributed by atoms with Crippen molar-refractivity contribution in [1.82, 2.24) is 0 Å². The normalized spacial score (nSPS) is 10.0. The number of carboxylic acid groups (broad SMARTS) is 1. The quantitative estimate of drug-likeness (QED) is 0.436. The maximum absolute atomic E-state index is 9.03. The van der Waals surface area contributed by atoms with Gasteiger partial charge in [0, 0.05) is 12.7 Å². The number of carbonyl (C=O) groups excluding carboxylic acids is 1. The summed E-state index contributed by atoms with van der Waals surface area (Å²) in [6.07, 6.45) is 12.8. The number of carbonyl (C=O) groups is 1. The Kier molecular flexibility index (Phi) is 17.6. The largest absolute Gasteiger partial charge is 0.553 e. The van der Waals surface area contributed by atoms with E-state index in [2.05, 4.69) is 47.3 Å². The summed E-state index contributed by atoms with van der Waals surface area (Å²) in [7, 11) is 1.04. The van der Waals surface area contributed by atoms with Gasteiger partial charge in [0.25, 0.3) is 6.16 Å². The third kappa shape index (κ3) is 18.6. The number of benzene rings is 1. The van der Waals surface area contributed by atoms with Crippen molar-refractivity contribution in [3.05, 3.63) is 35.9 Å². The summed E-state index contributed by atoms with van der Waals surface area (Å²) >= 11 is 0. The van der Waals surface area contributed by atoms with Gasteiger partial charge in [-0.15, -0.1) is 0 Å². The van der Waals surface area contributed by atoms with Crippen molar-refractivity contribution in [2.75, 3.05) is 13.7 Å². The van der Waals surface area contributed by atoms with Gasteiger partial charge in [0.15, 0.2) is 0 Å². The molecule has 0 fully saturated rings. The zero-order valence-electron chi connectivity index (χ0n) is 16.2. The second kappa shape index (κ2) is 18.8. The third-order valence-electron chi connectivity index (χ3n) is 4.15. The molecule has 144 valence electrons. The molecule has 0 bridgehead atoms. The standard InChI is InChI=1S/C19H33N.C2H4O3/c1-2-3-4-5-6-7-8-9-10-14-17-20-18-19-15-12-11-13-16-19;1-5-2(3)4/h11-13,15-16,20H,2-10,14,17-18H2,1H3;1H3,(H,3,4). The van der Waals surface area contributed by atoms with Crippen LogP contribution in [0.3, 0.4) is 0 Å². The number of rotatable bonds is 13. The van der Waals surface area contributed by atoms with E-state index in [4.69, 9.17) is 9.90 Å². The average molecular weight is 352 g/mol. The minimum atomic E-state index is -1.50. The molecular weight excluding hydrogens is 314 g/mol. The van der Waals surface area contributed by atoms with Crippen LogP contribution in [0.4, 0.5) is 4.79 Å². The molecule has 0 aliphatic heterocycles. The number of ether oxygens (including phenoxy) is 1. The molecule has 0 atom stereocenters. The van der Waals surface area contributed by atoms with Crippen LogP contribution < -0.4 is 10.4 Å². The molecule has 0 heterocycles. The van der Waals surface area contributed by atoms with E-state index in [9.17, 15) is 0 Å². The Bertz CT molecular complexity index is 395. The lowest BCUT2D eigenvalue weighted by Crippen LogP contribution is -2.82. The Morgan fingerprint density at radius 2 is 1.40 bits per heavy atom. The van der Waals surface area contributed by atoms with Crippen LogP contribution in [0.1, 0.15) is 76.7 Å². The highest BCUT2D eigenvalue weighted by Crippen LogP contribution is 2.09. The molecule has 0 amide bonds. The van der Waals surface area contributed by atoms with Gasteiger partial charge in [0.2, 0.25) is 0 Å². The fourth-order valence-corrected chi connectivity index (χ4v) is 2.66. The summed E-state index contributed by atoms with van der Waals surface area (Å²) in [6.45, 7) is 4.71. The van der Waals surface area contributed by atoms with Gasteiger partial charge < -0.3 is 20.0 Å². The minimum Gasteiger partial charge on any atom is -0.553 e. The average Bonchev–Trinajstić information content (AvgIpc) is 2.64. The lowest BCUT2D eigenvalue weighted by Gasteiger charge is -2.03. The Hall–Kier alpha value is -1.55. The zero-order chi connectivity index (χ0) is 18.6. The van der Waals surface area contributed by atoms with Crippen molar-refractivity contribution >= 4 is 6.16 Å². The summed E-state index contributed by atoms with van der Waals surface area (Å²) < 4.78 is 3.56. The van der Waals surface area contributed by atoms with Crippen LogP contribution >= 0.6 is 0 Å². The van der Waals surface area contributed by atoms with Crippen LogP contribution in [-0.4, -0.2) is 19.8 Å². The second-order valence-electron chi connectivity index (χ2n) is 6.40. The first-order valence-corrected chi connectivity index (χ1v) is 9.81. The van der Waals surface area contributed by atoms with Gasteiger partial charge >= 0.3 is 0 Å². The number of quaternary nitrogens is 1. The van der Waals surface area contributed by atoms with E-state index in [1.165, 1.54) is 76.3 Å². The summed E-state index contributed by atoms with van der Waals surface area (Å²) in [5, 5.41) is 11.5. The number of hydrogen-bond donors (Lipinski definition) is 1. The zero-order valence-corrected chi connectivity index (χ0v) is 16.2. The molecule has 0 spiro atoms. The van der Waals surface area contributed by atoms with E-state index >= 15 is 0 Å². The molecule has 0 aromatic heterocycles. The molecule has 1 aromatic rings. The van der Waals surface area contributed by atoms with E-state index in [1.807, 2.05) is 0 Å². The van der Waals surface area contributed by atoms with Crippen LogP contribution in [0.2, 0.25) is 0 Å². The summed E-state index contributed by atoms with van der Waals surface area (Å²) in [6, 6.07) is 10.8. The maximum atomic E-state index is 9.03. The molecule has 0 saturated heterocycles. The molecule has 0 radical (unpaired) electrons. The van der Waals surface area contributed by atoms with Crippen LogP contribution in [0, 0.1) is 0 Å². The van der Waals surface area contributed by atoms with Gasteiger partial charge in [-0.05, 0) is 12.8 Å². The fraction of sp³-hybridized carbons (Fsp3) is 0.667. The van der Waals surface area contributed by atoms with Crippen LogP contribution in [0.5, 0.6) is 0 Å². The molecule has 0 aliphatic carbocycles. The van der Waals surface area contributed by atoms with Gasteiger partial charge in [-0.25, -0.2) is 0 Å². The van der Waals surface area contributed by atoms with Gasteiger partial charge in [-0.2, -0.15) is 0 Å². The molecule has 4 nitrogen and oxygen atoms in total. The Balaban J connectivity index is 0.00000101. The number of methoxy groups -OCH3 is 1. The first-order chi connectivity index (χ1) is 12.2. The Labute approximate surface area is 154 Å². The lowest BCUT2D eigenvalue weighted by molar-refractivity contribution is -0.671. The molecule has 2 N–H and O–H groups in total. The van der Waals surface area contributed by atoms with E-state index in [-0.39, 0.29) is 0 Å². The van der Waals surface area contributed by atoms with Crippen molar-refractivity contribution in [2.24, 2.45) is 0 Å². The summed E-state index contributed by atoms with van der Waals surface area (Å²) in [5.41, 5.74) is 1.44. The van der Waals surface area contributed by atoms with E-state index in [0.29, 0.717) is 0 Å². The molecule has 0 unspecified atom stereocenters. The van der Waals surface area contributed by atoms with Gasteiger partial charge in [0.05, 0.1) is 6.54 Å². The minimum absolute atomic E-state index is 1.04. The van der Waals surface area contributed by atoms with E-state index in [0.717, 1.165) is 13.7 Å². The van der Waals surface area contributed by atoms with Crippen molar-refractivity contribution in [1.29, 1.82) is 0 Å². The van der Waals surface area contributed by atoms with Crippen LogP contribution in [0.25, 0.3) is 0 Å². The van der Waals surface area contributed by atoms with Crippen molar-refractivity contribution in [3.8, 4) is 0 Å². The topological polar surface area (TPSA) is 66.0 Å². The van der Waals surface area contributed by atoms with Crippen molar-refractivity contribution in [3.63, 3.8) is 0 Å². The van der Waals surface area contributed by atoms with Crippen LogP contribution in [-0.2, 0) is 11.3 Å². The van der Waals surface area contributed by atoms with Gasteiger partial charge in [0.1, 0.15) is 6.54 Å². The Morgan fingerprint density at radius 1 is 0.920 bits per heavy atom. The first kappa shape index (κ1) is 23.4.